The highest BCUT2D eigenvalue weighted by Crippen LogP contribution is 2.31. The first kappa shape index (κ1) is 22.6. The lowest BCUT2D eigenvalue weighted by Gasteiger charge is -2.40. The minimum Gasteiger partial charge on any atom is -0.350 e. The van der Waals surface area contributed by atoms with E-state index in [0.717, 1.165) is 17.8 Å². The van der Waals surface area contributed by atoms with Gasteiger partial charge in [0.2, 0.25) is 5.91 Å². The van der Waals surface area contributed by atoms with E-state index in [-0.39, 0.29) is 25.0 Å². The van der Waals surface area contributed by atoms with E-state index in [1.165, 1.54) is 15.9 Å². The molecule has 174 valence electrons. The zero-order chi connectivity index (χ0) is 23.9. The van der Waals surface area contributed by atoms with Crippen molar-refractivity contribution >= 4 is 34.9 Å². The molecule has 1 aromatic carbocycles. The number of amides is 3. The molecule has 2 aliphatic heterocycles. The molecule has 0 aliphatic carbocycles. The lowest BCUT2D eigenvalue weighted by atomic mass is 10.1. The summed E-state index contributed by atoms with van der Waals surface area (Å²) in [5, 5.41) is 2.58. The molecule has 1 atom stereocenters. The van der Waals surface area contributed by atoms with Gasteiger partial charge >= 0.3 is 18.0 Å². The normalized spacial score (nSPS) is 18.4. The largest absolute Gasteiger partial charge is 0.417 e. The zero-order valence-corrected chi connectivity index (χ0v) is 18.0. The Morgan fingerprint density at radius 1 is 1.15 bits per heavy atom. The third-order valence-electron chi connectivity index (χ3n) is 5.90. The predicted molar refractivity (Wildman–Crippen MR) is 115 cm³/mol. The monoisotopic (exact) mass is 461 g/mol. The van der Waals surface area contributed by atoms with Crippen molar-refractivity contribution in [3.8, 4) is 0 Å². The van der Waals surface area contributed by atoms with Gasteiger partial charge in [0.1, 0.15) is 5.82 Å². The maximum Gasteiger partial charge on any atom is 0.417 e. The van der Waals surface area contributed by atoms with Crippen LogP contribution in [0, 0.1) is 0 Å². The minimum atomic E-state index is -4.46. The summed E-state index contributed by atoms with van der Waals surface area (Å²) in [5.74, 6) is -1.16. The van der Waals surface area contributed by atoms with Crippen LogP contribution in [0.1, 0.15) is 18.1 Å². The molecular weight excluding hydrogens is 439 g/mol. The van der Waals surface area contributed by atoms with Crippen LogP contribution in [0.5, 0.6) is 0 Å². The Bertz CT molecular complexity index is 1100. The van der Waals surface area contributed by atoms with Crippen molar-refractivity contribution in [2.75, 3.05) is 41.8 Å². The summed E-state index contributed by atoms with van der Waals surface area (Å²) >= 11 is 0. The van der Waals surface area contributed by atoms with Crippen LogP contribution >= 0.6 is 0 Å². The number of nitrogens with one attached hydrogen (secondary N) is 1. The minimum absolute atomic E-state index is 0.0426. The molecule has 1 N–H and O–H groups in total. The highest BCUT2D eigenvalue weighted by molar-refractivity contribution is 6.39. The number of carbonyl (C=O) groups excluding carboxylic acids is 3. The average Bonchev–Trinajstić information content (AvgIpc) is 3.06. The Balaban J connectivity index is 1.38. The van der Waals surface area contributed by atoms with Gasteiger partial charge in [0, 0.05) is 50.3 Å². The van der Waals surface area contributed by atoms with Crippen LogP contribution in [0.2, 0.25) is 0 Å². The molecule has 0 unspecified atom stereocenters. The number of hydrogen-bond acceptors (Lipinski definition) is 5. The number of aromatic nitrogens is 1. The fourth-order valence-electron chi connectivity index (χ4n) is 4.05. The number of piperazine rings is 1. The van der Waals surface area contributed by atoms with Gasteiger partial charge in [0.15, 0.2) is 0 Å². The molecule has 0 saturated carbocycles. The molecule has 1 aromatic heterocycles. The molecule has 2 aromatic rings. The Kier molecular flexibility index (Phi) is 5.73. The maximum absolute atomic E-state index is 12.8. The Morgan fingerprint density at radius 2 is 1.91 bits per heavy atom. The van der Waals surface area contributed by atoms with E-state index in [4.69, 9.17) is 0 Å². The van der Waals surface area contributed by atoms with Crippen molar-refractivity contribution in [3.05, 3.63) is 47.7 Å². The topological polar surface area (TPSA) is 85.8 Å². The van der Waals surface area contributed by atoms with Gasteiger partial charge in [-0.3, -0.25) is 14.4 Å². The van der Waals surface area contributed by atoms with Crippen LogP contribution in [-0.4, -0.2) is 60.3 Å². The summed E-state index contributed by atoms with van der Waals surface area (Å²) in [5.41, 5.74) is 1.13. The quantitative estimate of drug-likeness (QED) is 0.694. The van der Waals surface area contributed by atoms with E-state index in [1.807, 2.05) is 6.92 Å². The van der Waals surface area contributed by atoms with Gasteiger partial charge in [-0.1, -0.05) is 6.07 Å². The second kappa shape index (κ2) is 8.38. The first-order valence-electron chi connectivity index (χ1n) is 10.3. The van der Waals surface area contributed by atoms with E-state index in [0.29, 0.717) is 30.2 Å². The number of alkyl halides is 3. The van der Waals surface area contributed by atoms with Crippen molar-refractivity contribution in [3.63, 3.8) is 0 Å². The number of rotatable bonds is 2. The van der Waals surface area contributed by atoms with Gasteiger partial charge in [-0.25, -0.2) is 4.98 Å². The van der Waals surface area contributed by atoms with Crippen LogP contribution in [-0.2, 0) is 27.0 Å². The molecule has 8 nitrogen and oxygen atoms in total. The van der Waals surface area contributed by atoms with Gasteiger partial charge in [0.25, 0.3) is 0 Å². The van der Waals surface area contributed by atoms with Gasteiger partial charge < -0.3 is 20.0 Å². The average molecular weight is 461 g/mol. The molecule has 1 saturated heterocycles. The number of hydrogen-bond donors (Lipinski definition) is 1. The van der Waals surface area contributed by atoms with Crippen LogP contribution in [0.4, 0.5) is 30.4 Å². The van der Waals surface area contributed by atoms with Gasteiger partial charge in [-0.15, -0.1) is 0 Å². The summed E-state index contributed by atoms with van der Waals surface area (Å²) < 4.78 is 38.3. The van der Waals surface area contributed by atoms with Crippen LogP contribution < -0.4 is 15.1 Å². The molecule has 2 aliphatic rings. The molecule has 0 bridgehead atoms. The first-order chi connectivity index (χ1) is 15.5. The van der Waals surface area contributed by atoms with Crippen LogP contribution in [0.3, 0.4) is 0 Å². The van der Waals surface area contributed by atoms with E-state index in [9.17, 15) is 27.6 Å². The van der Waals surface area contributed by atoms with E-state index in [1.54, 1.807) is 30.1 Å². The number of likely N-dealkylation sites (N-methyl/N-ethyl adjacent to an activating group) is 1. The number of halogens is 3. The highest BCUT2D eigenvalue weighted by Gasteiger charge is 2.33. The van der Waals surface area contributed by atoms with Crippen LogP contribution in [0.25, 0.3) is 0 Å². The van der Waals surface area contributed by atoms with Gasteiger partial charge in [0.05, 0.1) is 12.0 Å². The van der Waals surface area contributed by atoms with Crippen molar-refractivity contribution in [2.45, 2.75) is 25.6 Å². The number of nitrogens with zero attached hydrogens (tertiary/aromatic N) is 4. The van der Waals surface area contributed by atoms with Gasteiger partial charge in [-0.2, -0.15) is 13.2 Å². The second-order valence-electron chi connectivity index (χ2n) is 8.12. The summed E-state index contributed by atoms with van der Waals surface area (Å²) in [6.07, 6.45) is -3.37. The third-order valence-corrected chi connectivity index (χ3v) is 5.90. The SMILES string of the molecule is C[C@@H]1CN(C(=O)C(=O)Nc2ccc3c(c2)N(C)C(=O)C3)CCN1c1ccc(C(F)(F)F)cn1. The lowest BCUT2D eigenvalue weighted by Crippen LogP contribution is -2.56. The van der Waals surface area contributed by atoms with Gasteiger partial charge in [-0.05, 0) is 36.8 Å². The maximum atomic E-state index is 12.8. The van der Waals surface area contributed by atoms with Crippen molar-refractivity contribution < 1.29 is 27.6 Å². The fraction of sp³-hybridized carbons (Fsp3) is 0.364. The van der Waals surface area contributed by atoms with Crippen molar-refractivity contribution in [2.24, 2.45) is 0 Å². The number of fused-ring (bicyclic) bond motifs is 1. The molecule has 1 fully saturated rings. The molecule has 4 rings (SSSR count). The zero-order valence-electron chi connectivity index (χ0n) is 18.0. The van der Waals surface area contributed by atoms with Crippen molar-refractivity contribution in [1.82, 2.24) is 9.88 Å². The molecule has 33 heavy (non-hydrogen) atoms. The Hall–Kier alpha value is -3.63. The number of anilines is 3. The molecule has 0 spiro atoms. The summed E-state index contributed by atoms with van der Waals surface area (Å²) in [4.78, 5) is 45.7. The summed E-state index contributed by atoms with van der Waals surface area (Å²) in [7, 11) is 1.65. The van der Waals surface area contributed by atoms with E-state index in [2.05, 4.69) is 10.3 Å². The molecule has 11 heteroatoms. The van der Waals surface area contributed by atoms with Crippen molar-refractivity contribution in [1.29, 1.82) is 0 Å². The molecule has 3 amide bonds. The summed E-state index contributed by atoms with van der Waals surface area (Å²) in [6.45, 7) is 2.57. The van der Waals surface area contributed by atoms with Crippen LogP contribution in [0.15, 0.2) is 36.5 Å². The summed E-state index contributed by atoms with van der Waals surface area (Å²) in [6, 6.07) is 7.07. The highest BCUT2D eigenvalue weighted by atomic mass is 19.4. The third kappa shape index (κ3) is 4.48. The number of pyridine rings is 1. The predicted octanol–water partition coefficient (Wildman–Crippen LogP) is 2.30. The Morgan fingerprint density at radius 3 is 2.55 bits per heavy atom. The Labute approximate surface area is 188 Å². The lowest BCUT2D eigenvalue weighted by molar-refractivity contribution is -0.143. The molecule has 3 heterocycles. The number of benzene rings is 1. The fourth-order valence-corrected chi connectivity index (χ4v) is 4.05. The second-order valence-corrected chi connectivity index (χ2v) is 8.12. The smallest absolute Gasteiger partial charge is 0.350 e. The number of carbonyl (C=O) groups is 3. The molecular formula is C22H22F3N5O3. The van der Waals surface area contributed by atoms with E-state index >= 15 is 0 Å². The standard InChI is InChI=1S/C22H22F3N5O3/c1-13-12-29(7-8-30(13)18-6-4-15(11-26-18)22(23,24)25)21(33)20(32)27-16-5-3-14-9-19(31)28(2)17(14)10-16/h3-6,10-11,13H,7-9,12H2,1-2H3,(H,27,32)/t13-/m1/s1. The first-order valence-corrected chi connectivity index (χ1v) is 10.3. The molecule has 0 radical (unpaired) electrons. The van der Waals surface area contributed by atoms with E-state index < -0.39 is 23.6 Å².